The van der Waals surface area contributed by atoms with Gasteiger partial charge in [-0.3, -0.25) is 4.90 Å². The van der Waals surface area contributed by atoms with Crippen LogP contribution in [0.4, 0.5) is 0 Å². The molecule has 0 aliphatic heterocycles. The minimum Gasteiger partial charge on any atom is -0.316 e. The Balaban J connectivity index is 2.59. The molecule has 0 atom stereocenters. The van der Waals surface area contributed by atoms with Crippen LogP contribution in [0.25, 0.3) is 0 Å². The van der Waals surface area contributed by atoms with Crippen LogP contribution in [-0.2, 0) is 13.0 Å². The van der Waals surface area contributed by atoms with Crippen molar-refractivity contribution in [1.82, 2.24) is 10.2 Å². The Morgan fingerprint density at radius 3 is 2.57 bits per heavy atom. The lowest BCUT2D eigenvalue weighted by molar-refractivity contribution is 0.299. The van der Waals surface area contributed by atoms with Gasteiger partial charge in [-0.05, 0) is 49.5 Å². The van der Waals surface area contributed by atoms with E-state index in [0.29, 0.717) is 5.92 Å². The second-order valence-electron chi connectivity index (χ2n) is 6.03. The molecule has 1 N–H and O–H groups in total. The standard InChI is InChI=1S/C19H30N2/c1-5-13-21(14-6-2)16-19-10-8-7-9-18(19)11-12-20-15-17(3)4/h1,7-10,17,20H,6,11-16H2,2-4H3. The zero-order valence-electron chi connectivity index (χ0n) is 13.9. The van der Waals surface area contributed by atoms with Crippen LogP contribution in [0.5, 0.6) is 0 Å². The Morgan fingerprint density at radius 1 is 1.24 bits per heavy atom. The summed E-state index contributed by atoms with van der Waals surface area (Å²) in [6.45, 7) is 11.5. The summed E-state index contributed by atoms with van der Waals surface area (Å²) >= 11 is 0. The lowest BCUT2D eigenvalue weighted by Crippen LogP contribution is -2.26. The first-order chi connectivity index (χ1) is 10.2. The largest absolute Gasteiger partial charge is 0.316 e. The van der Waals surface area contributed by atoms with E-state index < -0.39 is 0 Å². The van der Waals surface area contributed by atoms with Crippen molar-refractivity contribution in [2.75, 3.05) is 26.2 Å². The lowest BCUT2D eigenvalue weighted by atomic mass is 10.0. The van der Waals surface area contributed by atoms with Crippen molar-refractivity contribution in [2.24, 2.45) is 5.92 Å². The summed E-state index contributed by atoms with van der Waals surface area (Å²) in [6, 6.07) is 8.73. The van der Waals surface area contributed by atoms with Crippen molar-refractivity contribution in [2.45, 2.75) is 40.2 Å². The quantitative estimate of drug-likeness (QED) is 0.524. The smallest absolute Gasteiger partial charge is 0.0601 e. The van der Waals surface area contributed by atoms with Crippen molar-refractivity contribution in [3.63, 3.8) is 0 Å². The van der Waals surface area contributed by atoms with Crippen molar-refractivity contribution in [1.29, 1.82) is 0 Å². The Labute approximate surface area is 130 Å². The van der Waals surface area contributed by atoms with E-state index in [1.807, 2.05) is 0 Å². The molecule has 0 aliphatic carbocycles. The van der Waals surface area contributed by atoms with Crippen molar-refractivity contribution >= 4 is 0 Å². The van der Waals surface area contributed by atoms with Crippen LogP contribution in [0, 0.1) is 18.3 Å². The van der Waals surface area contributed by atoms with Crippen molar-refractivity contribution < 1.29 is 0 Å². The number of benzene rings is 1. The van der Waals surface area contributed by atoms with Gasteiger partial charge in [-0.15, -0.1) is 6.42 Å². The first kappa shape index (κ1) is 17.8. The molecule has 1 rings (SSSR count). The number of hydrogen-bond acceptors (Lipinski definition) is 2. The number of hydrogen-bond donors (Lipinski definition) is 1. The van der Waals surface area contributed by atoms with Crippen molar-refractivity contribution in [3.8, 4) is 12.3 Å². The summed E-state index contributed by atoms with van der Waals surface area (Å²) in [5, 5.41) is 3.52. The van der Waals surface area contributed by atoms with Gasteiger partial charge in [-0.2, -0.15) is 0 Å². The van der Waals surface area contributed by atoms with Gasteiger partial charge in [0.2, 0.25) is 0 Å². The molecule has 2 nitrogen and oxygen atoms in total. The normalized spacial score (nSPS) is 11.0. The second-order valence-corrected chi connectivity index (χ2v) is 6.03. The summed E-state index contributed by atoms with van der Waals surface area (Å²) in [7, 11) is 0. The average Bonchev–Trinajstić information content (AvgIpc) is 2.45. The molecule has 0 saturated carbocycles. The van der Waals surface area contributed by atoms with E-state index in [0.717, 1.165) is 45.6 Å². The lowest BCUT2D eigenvalue weighted by Gasteiger charge is -2.21. The molecule has 0 fully saturated rings. The molecular weight excluding hydrogens is 256 g/mol. The maximum atomic E-state index is 5.48. The number of nitrogens with one attached hydrogen (secondary N) is 1. The highest BCUT2D eigenvalue weighted by atomic mass is 15.1. The van der Waals surface area contributed by atoms with Crippen LogP contribution >= 0.6 is 0 Å². The van der Waals surface area contributed by atoms with E-state index in [1.165, 1.54) is 11.1 Å². The van der Waals surface area contributed by atoms with Gasteiger partial charge in [0, 0.05) is 6.54 Å². The highest BCUT2D eigenvalue weighted by molar-refractivity contribution is 5.27. The van der Waals surface area contributed by atoms with Crippen LogP contribution < -0.4 is 5.32 Å². The SMILES string of the molecule is C#CCN(CCC)Cc1ccccc1CCNCC(C)C. The number of terminal acetylenes is 1. The fraction of sp³-hybridized carbons (Fsp3) is 0.579. The molecule has 0 bridgehead atoms. The minimum atomic E-state index is 0.705. The topological polar surface area (TPSA) is 15.3 Å². The summed E-state index contributed by atoms with van der Waals surface area (Å²) in [6.07, 6.45) is 7.70. The highest BCUT2D eigenvalue weighted by Crippen LogP contribution is 2.12. The molecule has 0 spiro atoms. The molecular formula is C19H30N2. The van der Waals surface area contributed by atoms with E-state index in [4.69, 9.17) is 6.42 Å². The van der Waals surface area contributed by atoms with E-state index in [-0.39, 0.29) is 0 Å². The zero-order chi connectivity index (χ0) is 15.5. The van der Waals surface area contributed by atoms with Gasteiger partial charge in [0.25, 0.3) is 0 Å². The Bertz CT molecular complexity index is 431. The molecule has 0 heterocycles. The molecule has 0 radical (unpaired) electrons. The molecule has 116 valence electrons. The van der Waals surface area contributed by atoms with Gasteiger partial charge in [0.05, 0.1) is 6.54 Å². The third-order valence-corrected chi connectivity index (χ3v) is 3.49. The predicted molar refractivity (Wildman–Crippen MR) is 92.3 cm³/mol. The number of nitrogens with zero attached hydrogens (tertiary/aromatic N) is 1. The fourth-order valence-electron chi connectivity index (χ4n) is 2.47. The molecule has 1 aromatic rings. The predicted octanol–water partition coefficient (Wildman–Crippen LogP) is 3.32. The van der Waals surface area contributed by atoms with Crippen LogP contribution in [-0.4, -0.2) is 31.1 Å². The fourth-order valence-corrected chi connectivity index (χ4v) is 2.47. The molecule has 0 aromatic heterocycles. The molecule has 21 heavy (non-hydrogen) atoms. The van der Waals surface area contributed by atoms with Gasteiger partial charge in [-0.1, -0.05) is 51.0 Å². The first-order valence-electron chi connectivity index (χ1n) is 8.10. The molecule has 1 aromatic carbocycles. The average molecular weight is 286 g/mol. The van der Waals surface area contributed by atoms with Gasteiger partial charge >= 0.3 is 0 Å². The Hall–Kier alpha value is -1.30. The van der Waals surface area contributed by atoms with E-state index in [2.05, 4.69) is 61.2 Å². The van der Waals surface area contributed by atoms with Crippen LogP contribution in [0.2, 0.25) is 0 Å². The molecule has 0 saturated heterocycles. The summed E-state index contributed by atoms with van der Waals surface area (Å²) < 4.78 is 0. The van der Waals surface area contributed by atoms with E-state index >= 15 is 0 Å². The van der Waals surface area contributed by atoms with E-state index in [1.54, 1.807) is 0 Å². The summed E-state index contributed by atoms with van der Waals surface area (Å²) in [5.41, 5.74) is 2.85. The van der Waals surface area contributed by atoms with Crippen LogP contribution in [0.1, 0.15) is 38.3 Å². The maximum absolute atomic E-state index is 5.48. The Morgan fingerprint density at radius 2 is 1.95 bits per heavy atom. The van der Waals surface area contributed by atoms with Crippen molar-refractivity contribution in [3.05, 3.63) is 35.4 Å². The highest BCUT2D eigenvalue weighted by Gasteiger charge is 2.07. The van der Waals surface area contributed by atoms with E-state index in [9.17, 15) is 0 Å². The minimum absolute atomic E-state index is 0.705. The molecule has 0 unspecified atom stereocenters. The van der Waals surface area contributed by atoms with Gasteiger partial charge < -0.3 is 5.32 Å². The van der Waals surface area contributed by atoms with Gasteiger partial charge in [-0.25, -0.2) is 0 Å². The number of rotatable bonds is 10. The van der Waals surface area contributed by atoms with Gasteiger partial charge in [0.1, 0.15) is 0 Å². The van der Waals surface area contributed by atoms with Crippen LogP contribution in [0.15, 0.2) is 24.3 Å². The molecule has 0 amide bonds. The maximum Gasteiger partial charge on any atom is 0.0601 e. The van der Waals surface area contributed by atoms with Crippen LogP contribution in [0.3, 0.4) is 0 Å². The third-order valence-electron chi connectivity index (χ3n) is 3.49. The Kier molecular flexibility index (Phi) is 8.82. The summed E-state index contributed by atoms with van der Waals surface area (Å²) in [5.74, 6) is 3.48. The molecule has 2 heteroatoms. The first-order valence-corrected chi connectivity index (χ1v) is 8.10. The monoisotopic (exact) mass is 286 g/mol. The zero-order valence-corrected chi connectivity index (χ0v) is 13.9. The van der Waals surface area contributed by atoms with Gasteiger partial charge in [0.15, 0.2) is 0 Å². The summed E-state index contributed by atoms with van der Waals surface area (Å²) in [4.78, 5) is 2.35. The second kappa shape index (κ2) is 10.4. The molecule has 0 aliphatic rings. The third kappa shape index (κ3) is 7.32.